The number of nitrogens with one attached hydrogen (secondary N) is 1. The van der Waals surface area contributed by atoms with Gasteiger partial charge >= 0.3 is 0 Å². The first kappa shape index (κ1) is 20.1. The molecule has 1 fully saturated rings. The van der Waals surface area contributed by atoms with Gasteiger partial charge < -0.3 is 14.2 Å². The number of ether oxygens (including phenoxy) is 3. The van der Waals surface area contributed by atoms with Gasteiger partial charge in [0, 0.05) is 18.2 Å². The van der Waals surface area contributed by atoms with Crippen molar-refractivity contribution in [2.75, 3.05) is 20.8 Å². The van der Waals surface area contributed by atoms with Gasteiger partial charge in [-0.2, -0.15) is 0 Å². The quantitative estimate of drug-likeness (QED) is 0.806. The van der Waals surface area contributed by atoms with Crippen LogP contribution in [0, 0.1) is 0 Å². The lowest BCUT2D eigenvalue weighted by molar-refractivity contribution is -0.0705. The van der Waals surface area contributed by atoms with Crippen molar-refractivity contribution in [3.8, 4) is 11.5 Å². The number of aromatic amines is 1. The minimum absolute atomic E-state index is 0.101. The van der Waals surface area contributed by atoms with E-state index in [0.717, 1.165) is 29.3 Å². The predicted molar refractivity (Wildman–Crippen MR) is 115 cm³/mol. The highest BCUT2D eigenvalue weighted by molar-refractivity contribution is 8.14. The predicted octanol–water partition coefficient (Wildman–Crippen LogP) is 4.21. The van der Waals surface area contributed by atoms with Crippen LogP contribution in [0.1, 0.15) is 56.0 Å². The van der Waals surface area contributed by atoms with Gasteiger partial charge in [0.2, 0.25) is 0 Å². The molecule has 2 aliphatic heterocycles. The second kappa shape index (κ2) is 7.57. The molecule has 1 aromatic heterocycles. The van der Waals surface area contributed by atoms with Crippen molar-refractivity contribution < 1.29 is 14.2 Å². The number of benzene rings is 1. The van der Waals surface area contributed by atoms with Crippen molar-refractivity contribution in [3.05, 3.63) is 39.7 Å². The van der Waals surface area contributed by atoms with E-state index in [2.05, 4.69) is 18.9 Å². The Hall–Kier alpha value is -2.19. The van der Waals surface area contributed by atoms with Crippen molar-refractivity contribution in [3.63, 3.8) is 0 Å². The Morgan fingerprint density at radius 2 is 2.10 bits per heavy atom. The van der Waals surface area contributed by atoms with Gasteiger partial charge in [0.15, 0.2) is 5.82 Å². The fourth-order valence-corrected chi connectivity index (χ4v) is 5.28. The molecule has 2 aliphatic rings. The number of methoxy groups -OCH3 is 2. The van der Waals surface area contributed by atoms with Crippen LogP contribution < -0.4 is 15.0 Å². The van der Waals surface area contributed by atoms with Gasteiger partial charge in [0.25, 0.3) is 5.56 Å². The highest BCUT2D eigenvalue weighted by Gasteiger charge is 2.36. The van der Waals surface area contributed by atoms with E-state index in [4.69, 9.17) is 19.2 Å². The largest absolute Gasteiger partial charge is 0.497 e. The first-order valence-electron chi connectivity index (χ1n) is 9.75. The maximum Gasteiger partial charge on any atom is 0.271 e. The lowest BCUT2D eigenvalue weighted by Crippen LogP contribution is -2.35. The number of thioether (sulfide) groups is 1. The Morgan fingerprint density at radius 1 is 1.31 bits per heavy atom. The lowest BCUT2D eigenvalue weighted by Gasteiger charge is -2.36. The molecule has 2 aromatic rings. The first-order chi connectivity index (χ1) is 13.8. The molecule has 3 heterocycles. The molecule has 4 rings (SSSR count). The third-order valence-electron chi connectivity index (χ3n) is 5.51. The summed E-state index contributed by atoms with van der Waals surface area (Å²) in [5.41, 5.74) is 1.28. The molecule has 0 unspecified atom stereocenters. The van der Waals surface area contributed by atoms with Crippen LogP contribution in [0.15, 0.2) is 28.0 Å². The minimum atomic E-state index is -0.224. The van der Waals surface area contributed by atoms with Crippen LogP contribution in [0.2, 0.25) is 0 Å². The Kier molecular flexibility index (Phi) is 5.25. The van der Waals surface area contributed by atoms with Crippen LogP contribution in [0.5, 0.6) is 11.5 Å². The maximum atomic E-state index is 13.0. The average molecular weight is 418 g/mol. The van der Waals surface area contributed by atoms with Gasteiger partial charge in [-0.3, -0.25) is 14.6 Å². The molecule has 0 aliphatic carbocycles. The van der Waals surface area contributed by atoms with Crippen molar-refractivity contribution in [1.29, 1.82) is 0 Å². The van der Waals surface area contributed by atoms with E-state index in [9.17, 15) is 4.79 Å². The Bertz CT molecular complexity index is 1010. The summed E-state index contributed by atoms with van der Waals surface area (Å²) < 4.78 is 18.7. The van der Waals surface area contributed by atoms with Crippen molar-refractivity contribution in [1.82, 2.24) is 9.78 Å². The fraction of sp³-hybridized carbons (Fsp3) is 0.524. The van der Waals surface area contributed by atoms with E-state index in [1.165, 1.54) is 0 Å². The highest BCUT2D eigenvalue weighted by Crippen LogP contribution is 2.48. The summed E-state index contributed by atoms with van der Waals surface area (Å²) in [5, 5.41) is 3.79. The van der Waals surface area contributed by atoms with Crippen molar-refractivity contribution in [2.45, 2.75) is 50.5 Å². The van der Waals surface area contributed by atoms with Crippen LogP contribution in [0.4, 0.5) is 5.82 Å². The molecule has 0 amide bonds. The van der Waals surface area contributed by atoms with Gasteiger partial charge in [-0.05, 0) is 39.7 Å². The SMILES string of the molecule is COc1ccc([C@@H]2SC(C)=Nc3c2c(=O)[nH]n3[C@@H]2CCOC(C)(C)C2)c(OC)c1. The molecule has 29 heavy (non-hydrogen) atoms. The standard InChI is InChI=1S/C21H27N3O4S/c1-12-22-19-17(18(29-12)15-7-6-14(26-4)10-16(15)27-5)20(25)23-24(19)13-8-9-28-21(2,3)11-13/h6-7,10,13,18H,8-9,11H2,1-5H3,(H,23,25)/t13-,18+/m1/s1. The molecular formula is C21H27N3O4S. The number of rotatable bonds is 4. The number of aliphatic imine (C=N–C) groups is 1. The summed E-state index contributed by atoms with van der Waals surface area (Å²) in [6.07, 6.45) is 1.67. The van der Waals surface area contributed by atoms with Crippen molar-refractivity contribution >= 4 is 22.6 Å². The molecule has 1 aromatic carbocycles. The zero-order chi connectivity index (χ0) is 20.8. The van der Waals surface area contributed by atoms with E-state index >= 15 is 0 Å². The molecule has 156 valence electrons. The molecule has 0 bridgehead atoms. The number of H-pyrrole nitrogens is 1. The lowest BCUT2D eigenvalue weighted by atomic mass is 9.94. The molecule has 0 radical (unpaired) electrons. The molecule has 7 nitrogen and oxygen atoms in total. The number of aromatic nitrogens is 2. The zero-order valence-corrected chi connectivity index (χ0v) is 18.3. The smallest absolute Gasteiger partial charge is 0.271 e. The summed E-state index contributed by atoms with van der Waals surface area (Å²) in [6, 6.07) is 5.86. The van der Waals surface area contributed by atoms with E-state index in [0.29, 0.717) is 23.7 Å². The minimum Gasteiger partial charge on any atom is -0.497 e. The van der Waals surface area contributed by atoms with E-state index in [1.807, 2.05) is 29.8 Å². The van der Waals surface area contributed by atoms with Crippen LogP contribution in [0.3, 0.4) is 0 Å². The molecular weight excluding hydrogens is 390 g/mol. The van der Waals surface area contributed by atoms with Crippen LogP contribution in [-0.4, -0.2) is 41.3 Å². The molecule has 1 saturated heterocycles. The van der Waals surface area contributed by atoms with Gasteiger partial charge in [-0.1, -0.05) is 17.8 Å². The summed E-state index contributed by atoms with van der Waals surface area (Å²) in [5.74, 6) is 2.13. The Morgan fingerprint density at radius 3 is 2.79 bits per heavy atom. The summed E-state index contributed by atoms with van der Waals surface area (Å²) in [6.45, 7) is 6.82. The highest BCUT2D eigenvalue weighted by atomic mass is 32.2. The van der Waals surface area contributed by atoms with Gasteiger partial charge in [-0.15, -0.1) is 0 Å². The third-order valence-corrected chi connectivity index (χ3v) is 6.67. The first-order valence-corrected chi connectivity index (χ1v) is 10.6. The van der Waals surface area contributed by atoms with E-state index in [-0.39, 0.29) is 22.5 Å². The Balaban J connectivity index is 1.81. The second-order valence-corrected chi connectivity index (χ2v) is 9.34. The van der Waals surface area contributed by atoms with E-state index in [1.54, 1.807) is 26.0 Å². The third kappa shape index (κ3) is 3.71. The van der Waals surface area contributed by atoms with E-state index < -0.39 is 0 Å². The zero-order valence-electron chi connectivity index (χ0n) is 17.4. The summed E-state index contributed by atoms with van der Waals surface area (Å²) in [4.78, 5) is 17.8. The number of hydrogen-bond acceptors (Lipinski definition) is 6. The number of hydrogen-bond donors (Lipinski definition) is 1. The van der Waals surface area contributed by atoms with Crippen molar-refractivity contribution in [2.24, 2.45) is 4.99 Å². The topological polar surface area (TPSA) is 77.8 Å². The molecule has 1 N–H and O–H groups in total. The molecule has 8 heteroatoms. The summed E-state index contributed by atoms with van der Waals surface area (Å²) in [7, 11) is 3.26. The van der Waals surface area contributed by atoms with Crippen LogP contribution in [-0.2, 0) is 4.74 Å². The molecule has 0 spiro atoms. The second-order valence-electron chi connectivity index (χ2n) is 8.04. The van der Waals surface area contributed by atoms with Crippen LogP contribution >= 0.6 is 11.8 Å². The van der Waals surface area contributed by atoms with Gasteiger partial charge in [0.1, 0.15) is 11.5 Å². The fourth-order valence-electron chi connectivity index (χ4n) is 4.15. The van der Waals surface area contributed by atoms with Crippen LogP contribution in [0.25, 0.3) is 0 Å². The number of fused-ring (bicyclic) bond motifs is 1. The molecule has 0 saturated carbocycles. The molecule has 2 atom stereocenters. The number of nitrogens with zero attached hydrogens (tertiary/aromatic N) is 2. The van der Waals surface area contributed by atoms with Gasteiger partial charge in [0.05, 0.1) is 41.7 Å². The normalized spacial score (nSPS) is 23.3. The van der Waals surface area contributed by atoms with Gasteiger partial charge in [-0.25, -0.2) is 4.99 Å². The monoisotopic (exact) mass is 417 g/mol. The Labute approximate surface area is 174 Å². The summed E-state index contributed by atoms with van der Waals surface area (Å²) >= 11 is 1.57. The maximum absolute atomic E-state index is 13.0. The average Bonchev–Trinajstić information content (AvgIpc) is 3.02.